The van der Waals surface area contributed by atoms with E-state index in [1.807, 2.05) is 0 Å². The van der Waals surface area contributed by atoms with Crippen LogP contribution in [-0.2, 0) is 11.2 Å². The summed E-state index contributed by atoms with van der Waals surface area (Å²) in [4.78, 5) is 10.8. The van der Waals surface area contributed by atoms with Crippen LogP contribution in [0.2, 0.25) is 0 Å². The van der Waals surface area contributed by atoms with Gasteiger partial charge in [-0.25, -0.2) is 17.6 Å². The third kappa shape index (κ3) is 3.69. The lowest BCUT2D eigenvalue weighted by Crippen LogP contribution is -2.26. The lowest BCUT2D eigenvalue weighted by molar-refractivity contribution is -0.141. The Kier molecular flexibility index (Phi) is 5.50. The van der Waals surface area contributed by atoms with Crippen molar-refractivity contribution in [2.45, 2.75) is 19.8 Å². The van der Waals surface area contributed by atoms with E-state index in [0.717, 1.165) is 0 Å². The summed E-state index contributed by atoms with van der Waals surface area (Å²) in [5.74, 6) is -8.32. The zero-order valence-corrected chi connectivity index (χ0v) is 10.8. The van der Waals surface area contributed by atoms with Crippen LogP contribution in [-0.4, -0.2) is 17.6 Å². The first-order valence-electron chi connectivity index (χ1n) is 6.02. The van der Waals surface area contributed by atoms with E-state index in [1.165, 1.54) is 6.92 Å². The second-order valence-corrected chi connectivity index (χ2v) is 4.76. The Morgan fingerprint density at radius 3 is 2.15 bits per heavy atom. The molecule has 1 aromatic carbocycles. The van der Waals surface area contributed by atoms with E-state index in [4.69, 9.17) is 10.8 Å². The Bertz CT molecular complexity index is 481. The number of hydrogen-bond acceptors (Lipinski definition) is 2. The quantitative estimate of drug-likeness (QED) is 0.625. The molecule has 0 aliphatic carbocycles. The van der Waals surface area contributed by atoms with E-state index in [0.29, 0.717) is 0 Å². The van der Waals surface area contributed by atoms with Crippen LogP contribution in [0, 0.1) is 35.1 Å². The molecule has 2 unspecified atom stereocenters. The Balaban J connectivity index is 2.91. The molecule has 0 heterocycles. The predicted molar refractivity (Wildman–Crippen MR) is 63.9 cm³/mol. The summed E-state index contributed by atoms with van der Waals surface area (Å²) in [5, 5.41) is 8.84. The highest BCUT2D eigenvalue weighted by Gasteiger charge is 2.24. The largest absolute Gasteiger partial charge is 0.481 e. The van der Waals surface area contributed by atoms with Gasteiger partial charge in [0.1, 0.15) is 0 Å². The van der Waals surface area contributed by atoms with Crippen molar-refractivity contribution in [2.75, 3.05) is 6.54 Å². The molecule has 0 aromatic heterocycles. The van der Waals surface area contributed by atoms with Gasteiger partial charge in [-0.3, -0.25) is 4.79 Å². The molecule has 3 nitrogen and oxygen atoms in total. The van der Waals surface area contributed by atoms with Gasteiger partial charge in [0, 0.05) is 18.2 Å². The first-order chi connectivity index (χ1) is 9.27. The highest BCUT2D eigenvalue weighted by Crippen LogP contribution is 2.24. The number of hydrogen-bond donors (Lipinski definition) is 2. The van der Waals surface area contributed by atoms with Gasteiger partial charge in [0.2, 0.25) is 0 Å². The molecule has 0 bridgehead atoms. The number of aliphatic carboxylic acids is 1. The Morgan fingerprint density at radius 1 is 1.25 bits per heavy atom. The van der Waals surface area contributed by atoms with Gasteiger partial charge in [-0.1, -0.05) is 6.92 Å². The average molecular weight is 293 g/mol. The van der Waals surface area contributed by atoms with Crippen molar-refractivity contribution in [3.63, 3.8) is 0 Å². The van der Waals surface area contributed by atoms with Crippen LogP contribution in [0.1, 0.15) is 18.9 Å². The third-order valence-corrected chi connectivity index (χ3v) is 3.08. The maximum Gasteiger partial charge on any atom is 0.307 e. The molecule has 7 heteroatoms. The van der Waals surface area contributed by atoms with Crippen molar-refractivity contribution < 1.29 is 27.5 Å². The van der Waals surface area contributed by atoms with Gasteiger partial charge >= 0.3 is 5.97 Å². The van der Waals surface area contributed by atoms with Crippen molar-refractivity contribution in [1.82, 2.24) is 0 Å². The molecular formula is C13H15F4NO2. The maximum absolute atomic E-state index is 13.5. The van der Waals surface area contributed by atoms with Crippen LogP contribution >= 0.6 is 0 Å². The minimum atomic E-state index is -1.47. The van der Waals surface area contributed by atoms with Gasteiger partial charge in [0.25, 0.3) is 0 Å². The van der Waals surface area contributed by atoms with Crippen LogP contribution in [0.4, 0.5) is 17.6 Å². The van der Waals surface area contributed by atoms with Gasteiger partial charge in [0.05, 0.1) is 5.92 Å². The topological polar surface area (TPSA) is 63.3 Å². The number of halogens is 4. The first kappa shape index (κ1) is 16.4. The zero-order chi connectivity index (χ0) is 15.4. The predicted octanol–water partition coefficient (Wildman–Crippen LogP) is 2.47. The highest BCUT2D eigenvalue weighted by atomic mass is 19.2. The summed E-state index contributed by atoms with van der Waals surface area (Å²) in [7, 11) is 0. The number of carboxylic acid groups (broad SMARTS) is 1. The maximum atomic E-state index is 13.5. The minimum absolute atomic E-state index is 0.0584. The lowest BCUT2D eigenvalue weighted by Gasteiger charge is -2.17. The molecule has 0 amide bonds. The van der Waals surface area contributed by atoms with E-state index in [2.05, 4.69) is 0 Å². The summed E-state index contributed by atoms with van der Waals surface area (Å²) >= 11 is 0. The van der Waals surface area contributed by atoms with Gasteiger partial charge in [-0.15, -0.1) is 0 Å². The molecular weight excluding hydrogens is 278 g/mol. The van der Waals surface area contributed by atoms with Crippen LogP contribution in [0.3, 0.4) is 0 Å². The Hall–Kier alpha value is -1.63. The summed E-state index contributed by atoms with van der Waals surface area (Å²) < 4.78 is 53.0. The van der Waals surface area contributed by atoms with Crippen molar-refractivity contribution in [2.24, 2.45) is 17.6 Å². The molecule has 0 aliphatic heterocycles. The molecule has 0 radical (unpaired) electrons. The fourth-order valence-electron chi connectivity index (χ4n) is 2.02. The van der Waals surface area contributed by atoms with Gasteiger partial charge in [0.15, 0.2) is 23.3 Å². The van der Waals surface area contributed by atoms with Crippen molar-refractivity contribution in [1.29, 1.82) is 0 Å². The van der Waals surface area contributed by atoms with Gasteiger partial charge < -0.3 is 10.8 Å². The molecule has 2 atom stereocenters. The monoisotopic (exact) mass is 293 g/mol. The number of benzene rings is 1. The fourth-order valence-corrected chi connectivity index (χ4v) is 2.02. The second kappa shape index (κ2) is 6.69. The molecule has 0 aliphatic rings. The van der Waals surface area contributed by atoms with E-state index >= 15 is 0 Å². The molecule has 3 N–H and O–H groups in total. The molecule has 0 saturated carbocycles. The molecule has 0 fully saturated rings. The highest BCUT2D eigenvalue weighted by molar-refractivity contribution is 5.70. The third-order valence-electron chi connectivity index (χ3n) is 3.08. The number of carbonyl (C=O) groups is 1. The average Bonchev–Trinajstić information content (AvgIpc) is 2.38. The Labute approximate surface area is 113 Å². The molecule has 0 spiro atoms. The normalized spacial score (nSPS) is 14.1. The smallest absolute Gasteiger partial charge is 0.307 e. The van der Waals surface area contributed by atoms with E-state index in [1.54, 1.807) is 0 Å². The van der Waals surface area contributed by atoms with E-state index in [9.17, 15) is 22.4 Å². The fraction of sp³-hybridized carbons (Fsp3) is 0.462. The summed E-state index contributed by atoms with van der Waals surface area (Å²) in [6.45, 7) is 1.41. The zero-order valence-electron chi connectivity index (χ0n) is 10.8. The SMILES string of the molecule is CC(Cc1c(F)c(F)cc(F)c1F)CC(CN)C(=O)O. The summed E-state index contributed by atoms with van der Waals surface area (Å²) in [6.07, 6.45) is -0.251. The van der Waals surface area contributed by atoms with E-state index in [-0.39, 0.29) is 25.5 Å². The summed E-state index contributed by atoms with van der Waals surface area (Å²) in [5.41, 5.74) is 4.56. The number of nitrogens with two attached hydrogens (primary N) is 1. The molecule has 112 valence electrons. The minimum Gasteiger partial charge on any atom is -0.481 e. The molecule has 20 heavy (non-hydrogen) atoms. The molecule has 0 saturated heterocycles. The van der Waals surface area contributed by atoms with Crippen molar-refractivity contribution >= 4 is 5.97 Å². The van der Waals surface area contributed by atoms with Crippen LogP contribution in [0.25, 0.3) is 0 Å². The number of rotatable bonds is 6. The van der Waals surface area contributed by atoms with Crippen LogP contribution in [0.5, 0.6) is 0 Å². The standard InChI is InChI=1S/C13H15F4NO2/c1-6(2-7(5-18)13(19)20)3-8-11(16)9(14)4-10(15)12(8)17/h4,6-7H,2-3,5,18H2,1H3,(H,19,20). The van der Waals surface area contributed by atoms with Gasteiger partial charge in [-0.2, -0.15) is 0 Å². The molecule has 1 aromatic rings. The van der Waals surface area contributed by atoms with Crippen LogP contribution in [0.15, 0.2) is 6.07 Å². The van der Waals surface area contributed by atoms with Crippen LogP contribution < -0.4 is 5.73 Å². The van der Waals surface area contributed by atoms with Gasteiger partial charge in [-0.05, 0) is 18.8 Å². The number of carboxylic acids is 1. The van der Waals surface area contributed by atoms with Crippen molar-refractivity contribution in [3.8, 4) is 0 Å². The second-order valence-electron chi connectivity index (χ2n) is 4.76. The molecule has 1 rings (SSSR count). The summed E-state index contributed by atoms with van der Waals surface area (Å²) in [6, 6.07) is 0.138. The van der Waals surface area contributed by atoms with E-state index < -0.39 is 46.6 Å². The first-order valence-corrected chi connectivity index (χ1v) is 6.02. The Morgan fingerprint density at radius 2 is 1.75 bits per heavy atom. The van der Waals surface area contributed by atoms with Crippen molar-refractivity contribution in [3.05, 3.63) is 34.9 Å². The lowest BCUT2D eigenvalue weighted by atomic mass is 9.90.